The van der Waals surface area contributed by atoms with Gasteiger partial charge in [0.05, 0.1) is 18.0 Å². The van der Waals surface area contributed by atoms with Gasteiger partial charge in [0.1, 0.15) is 16.4 Å². The molecule has 7 nitrogen and oxygen atoms in total. The van der Waals surface area contributed by atoms with Gasteiger partial charge in [0.25, 0.3) is 5.91 Å². The van der Waals surface area contributed by atoms with Crippen LogP contribution in [0.15, 0.2) is 35.4 Å². The number of hydrogen-bond acceptors (Lipinski definition) is 5. The lowest BCUT2D eigenvalue weighted by Gasteiger charge is -2.26. The number of nitrogens with one attached hydrogen (secondary N) is 1. The number of nitrogens with zero attached hydrogens (tertiary/aromatic N) is 3. The summed E-state index contributed by atoms with van der Waals surface area (Å²) < 4.78 is 38.1. The van der Waals surface area contributed by atoms with Crippen LogP contribution >= 0.6 is 0 Å². The highest BCUT2D eigenvalue weighted by atomic mass is 32.2. The third-order valence-electron chi connectivity index (χ3n) is 4.74. The van der Waals surface area contributed by atoms with Crippen LogP contribution in [0.3, 0.4) is 0 Å². The standard InChI is InChI=1S/C18H19F2N5O2S/c19-18(20)28(27)13-7-5-12(6-8-13)23-17-14(16(22)26)10-25(24-17)15-4-2-1-3-11(15)9-21/h5-8,10-11,15,18H,1-4H2,(H2,22,26)(H,23,24). The van der Waals surface area contributed by atoms with Gasteiger partial charge in [-0.1, -0.05) is 12.8 Å². The topological polar surface area (TPSA) is 114 Å². The van der Waals surface area contributed by atoms with Crippen LogP contribution in [0, 0.1) is 17.2 Å². The van der Waals surface area contributed by atoms with E-state index in [1.54, 1.807) is 4.68 Å². The first-order valence-corrected chi connectivity index (χ1v) is 9.96. The van der Waals surface area contributed by atoms with Gasteiger partial charge in [-0.25, -0.2) is 4.21 Å². The highest BCUT2D eigenvalue weighted by Crippen LogP contribution is 2.34. The number of carbonyl (C=O) groups is 1. The van der Waals surface area contributed by atoms with Gasteiger partial charge < -0.3 is 11.1 Å². The summed E-state index contributed by atoms with van der Waals surface area (Å²) in [6, 6.07) is 7.74. The van der Waals surface area contributed by atoms with E-state index in [4.69, 9.17) is 5.73 Å². The van der Waals surface area contributed by atoms with Gasteiger partial charge in [-0.3, -0.25) is 9.48 Å². The van der Waals surface area contributed by atoms with Crippen molar-refractivity contribution < 1.29 is 17.8 Å². The van der Waals surface area contributed by atoms with Crippen molar-refractivity contribution in [3.05, 3.63) is 36.0 Å². The molecule has 28 heavy (non-hydrogen) atoms. The first kappa shape index (κ1) is 19.9. The normalized spacial score (nSPS) is 20.5. The number of nitriles is 1. The maximum Gasteiger partial charge on any atom is 0.316 e. The van der Waals surface area contributed by atoms with Crippen molar-refractivity contribution in [1.29, 1.82) is 5.26 Å². The summed E-state index contributed by atoms with van der Waals surface area (Å²) in [5, 5.41) is 16.7. The zero-order chi connectivity index (χ0) is 20.3. The molecule has 1 aromatic heterocycles. The molecule has 1 aliphatic carbocycles. The Kier molecular flexibility index (Phi) is 6.04. The minimum absolute atomic E-state index is 0.000252. The summed E-state index contributed by atoms with van der Waals surface area (Å²) in [7, 11) is -2.39. The molecule has 2 aromatic rings. The summed E-state index contributed by atoms with van der Waals surface area (Å²) in [6.07, 6.45) is 5.05. The molecule has 1 aliphatic rings. The molecular weight excluding hydrogens is 388 g/mol. The van der Waals surface area contributed by atoms with E-state index in [0.717, 1.165) is 25.7 Å². The predicted octanol–water partition coefficient (Wildman–Crippen LogP) is 3.31. The van der Waals surface area contributed by atoms with Gasteiger partial charge in [0, 0.05) is 16.8 Å². The number of rotatable bonds is 6. The first-order valence-electron chi connectivity index (χ1n) is 8.75. The third kappa shape index (κ3) is 4.20. The summed E-state index contributed by atoms with van der Waals surface area (Å²) in [4.78, 5) is 11.8. The van der Waals surface area contributed by atoms with Crippen LogP contribution in [-0.2, 0) is 10.8 Å². The van der Waals surface area contributed by atoms with Crippen molar-refractivity contribution in [1.82, 2.24) is 9.78 Å². The monoisotopic (exact) mass is 407 g/mol. The van der Waals surface area contributed by atoms with Crippen molar-refractivity contribution in [3.8, 4) is 6.07 Å². The van der Waals surface area contributed by atoms with Gasteiger partial charge in [0.15, 0.2) is 5.82 Å². The number of halogens is 2. The van der Waals surface area contributed by atoms with Gasteiger partial charge >= 0.3 is 5.76 Å². The van der Waals surface area contributed by atoms with Crippen LogP contribution in [0.2, 0.25) is 0 Å². The SMILES string of the molecule is N#CC1CCCCC1n1cc(C(N)=O)c(Nc2ccc(S(=O)C(F)F)cc2)n1. The number of anilines is 2. The van der Waals surface area contributed by atoms with Crippen molar-refractivity contribution in [3.63, 3.8) is 0 Å². The average molecular weight is 407 g/mol. The summed E-state index contributed by atoms with van der Waals surface area (Å²) in [6.45, 7) is 0. The Morgan fingerprint density at radius 2 is 2.00 bits per heavy atom. The second-order valence-electron chi connectivity index (χ2n) is 6.53. The maximum absolute atomic E-state index is 12.5. The van der Waals surface area contributed by atoms with Crippen LogP contribution in [0.5, 0.6) is 0 Å². The van der Waals surface area contributed by atoms with Crippen molar-refractivity contribution in [2.24, 2.45) is 11.7 Å². The number of alkyl halides is 2. The molecule has 1 amide bonds. The number of aromatic nitrogens is 2. The molecule has 1 saturated carbocycles. The molecule has 3 N–H and O–H groups in total. The smallest absolute Gasteiger partial charge is 0.316 e. The number of nitrogens with two attached hydrogens (primary N) is 1. The molecule has 1 fully saturated rings. The Bertz CT molecular complexity index is 923. The number of primary amides is 1. The fraction of sp³-hybridized carbons (Fsp3) is 0.389. The molecule has 3 atom stereocenters. The van der Waals surface area contributed by atoms with Crippen LogP contribution < -0.4 is 11.1 Å². The van der Waals surface area contributed by atoms with E-state index >= 15 is 0 Å². The summed E-state index contributed by atoms with van der Waals surface area (Å²) >= 11 is 0. The van der Waals surface area contributed by atoms with Gasteiger partial charge in [-0.2, -0.15) is 19.1 Å². The van der Waals surface area contributed by atoms with E-state index < -0.39 is 22.5 Å². The molecule has 1 aromatic carbocycles. The van der Waals surface area contributed by atoms with Crippen LogP contribution in [0.1, 0.15) is 42.1 Å². The molecule has 3 rings (SSSR count). The van der Waals surface area contributed by atoms with Crippen molar-refractivity contribution >= 4 is 28.2 Å². The molecule has 0 saturated heterocycles. The molecule has 148 valence electrons. The molecule has 10 heteroatoms. The zero-order valence-electron chi connectivity index (χ0n) is 14.8. The molecule has 0 aliphatic heterocycles. The Labute approximate surface area is 163 Å². The van der Waals surface area contributed by atoms with E-state index in [-0.39, 0.29) is 28.2 Å². The van der Waals surface area contributed by atoms with Crippen LogP contribution in [-0.4, -0.2) is 25.7 Å². The largest absolute Gasteiger partial charge is 0.365 e. The minimum atomic E-state index is -2.96. The second kappa shape index (κ2) is 8.48. The lowest BCUT2D eigenvalue weighted by atomic mass is 9.85. The van der Waals surface area contributed by atoms with E-state index in [9.17, 15) is 23.0 Å². The number of benzene rings is 1. The van der Waals surface area contributed by atoms with E-state index in [1.807, 2.05) is 0 Å². The number of carbonyl (C=O) groups excluding carboxylic acids is 1. The van der Waals surface area contributed by atoms with Gasteiger partial charge in [0.2, 0.25) is 0 Å². The van der Waals surface area contributed by atoms with E-state index in [2.05, 4.69) is 16.5 Å². The second-order valence-corrected chi connectivity index (χ2v) is 7.95. The Morgan fingerprint density at radius 1 is 1.32 bits per heavy atom. The number of amides is 1. The first-order chi connectivity index (χ1) is 13.4. The van der Waals surface area contributed by atoms with Gasteiger partial charge in [-0.05, 0) is 37.1 Å². The van der Waals surface area contributed by atoms with E-state index in [0.29, 0.717) is 5.69 Å². The predicted molar refractivity (Wildman–Crippen MR) is 99.5 cm³/mol. The van der Waals surface area contributed by atoms with Crippen molar-refractivity contribution in [2.75, 3.05) is 5.32 Å². The molecule has 0 bridgehead atoms. The molecule has 3 unspecified atom stereocenters. The summed E-state index contributed by atoms with van der Waals surface area (Å²) in [5.41, 5.74) is 6.10. The Balaban J connectivity index is 1.85. The van der Waals surface area contributed by atoms with Crippen molar-refractivity contribution in [2.45, 2.75) is 42.4 Å². The minimum Gasteiger partial charge on any atom is -0.365 e. The zero-order valence-corrected chi connectivity index (χ0v) is 15.7. The van der Waals surface area contributed by atoms with Gasteiger partial charge in [-0.15, -0.1) is 0 Å². The molecular formula is C18H19F2N5O2S. The van der Waals surface area contributed by atoms with Crippen LogP contribution in [0.4, 0.5) is 20.3 Å². The van der Waals surface area contributed by atoms with E-state index in [1.165, 1.54) is 30.5 Å². The third-order valence-corrected chi connectivity index (χ3v) is 5.80. The lowest BCUT2D eigenvalue weighted by molar-refractivity contribution is 0.100. The van der Waals surface area contributed by atoms with Crippen LogP contribution in [0.25, 0.3) is 0 Å². The fourth-order valence-corrected chi connectivity index (χ4v) is 3.93. The highest BCUT2D eigenvalue weighted by Gasteiger charge is 2.29. The average Bonchev–Trinajstić information content (AvgIpc) is 3.11. The quantitative estimate of drug-likeness (QED) is 0.763. The number of hydrogen-bond donors (Lipinski definition) is 2. The summed E-state index contributed by atoms with van der Waals surface area (Å²) in [5.74, 6) is -3.60. The molecule has 0 radical (unpaired) electrons. The Morgan fingerprint density at radius 3 is 2.61 bits per heavy atom. The Hall–Kier alpha value is -2.80. The molecule has 1 heterocycles. The lowest BCUT2D eigenvalue weighted by Crippen LogP contribution is -2.22. The highest BCUT2D eigenvalue weighted by molar-refractivity contribution is 7.85. The maximum atomic E-state index is 12.5. The fourth-order valence-electron chi connectivity index (χ4n) is 3.32. The molecule has 0 spiro atoms.